The van der Waals surface area contributed by atoms with Crippen LogP contribution in [-0.4, -0.2) is 24.3 Å². The molecule has 0 aliphatic rings. The SMILES string of the molecule is CC(C)(C)OC(=O)NCC(N)Cc1ccc(F)cc1Br. The molecule has 1 aromatic carbocycles. The second-order valence-electron chi connectivity index (χ2n) is 5.58. The minimum Gasteiger partial charge on any atom is -0.444 e. The number of benzene rings is 1. The second-order valence-corrected chi connectivity index (χ2v) is 6.44. The first-order chi connectivity index (χ1) is 9.17. The molecule has 0 saturated carbocycles. The summed E-state index contributed by atoms with van der Waals surface area (Å²) in [5.74, 6) is -0.305. The molecule has 1 unspecified atom stereocenters. The zero-order valence-electron chi connectivity index (χ0n) is 11.9. The molecule has 0 aliphatic heterocycles. The van der Waals surface area contributed by atoms with Crippen LogP contribution in [0.4, 0.5) is 9.18 Å². The van der Waals surface area contributed by atoms with Gasteiger partial charge in [0.1, 0.15) is 11.4 Å². The van der Waals surface area contributed by atoms with E-state index in [1.54, 1.807) is 26.8 Å². The molecule has 0 aromatic heterocycles. The Bertz CT molecular complexity index is 475. The van der Waals surface area contributed by atoms with Crippen molar-refractivity contribution in [3.05, 3.63) is 34.1 Å². The lowest BCUT2D eigenvalue weighted by Gasteiger charge is -2.21. The summed E-state index contributed by atoms with van der Waals surface area (Å²) in [6.45, 7) is 5.67. The molecule has 1 atom stereocenters. The minimum absolute atomic E-state index is 0.274. The van der Waals surface area contributed by atoms with Crippen molar-refractivity contribution in [1.82, 2.24) is 5.32 Å². The van der Waals surface area contributed by atoms with E-state index >= 15 is 0 Å². The Kier molecular flexibility index (Phi) is 5.95. The molecule has 112 valence electrons. The van der Waals surface area contributed by atoms with Crippen molar-refractivity contribution in [3.8, 4) is 0 Å². The molecular formula is C14H20BrFN2O2. The van der Waals surface area contributed by atoms with Crippen molar-refractivity contribution in [2.45, 2.75) is 38.8 Å². The average Bonchev–Trinajstić information content (AvgIpc) is 2.28. The lowest BCUT2D eigenvalue weighted by molar-refractivity contribution is 0.0524. The molecular weight excluding hydrogens is 327 g/mol. The summed E-state index contributed by atoms with van der Waals surface area (Å²) < 4.78 is 18.7. The molecule has 20 heavy (non-hydrogen) atoms. The molecule has 0 heterocycles. The van der Waals surface area contributed by atoms with Crippen LogP contribution in [0.3, 0.4) is 0 Å². The van der Waals surface area contributed by atoms with Crippen LogP contribution in [0.1, 0.15) is 26.3 Å². The van der Waals surface area contributed by atoms with Crippen LogP contribution in [0.15, 0.2) is 22.7 Å². The maximum Gasteiger partial charge on any atom is 0.407 e. The smallest absolute Gasteiger partial charge is 0.407 e. The van der Waals surface area contributed by atoms with Crippen molar-refractivity contribution in [1.29, 1.82) is 0 Å². The number of rotatable bonds is 4. The van der Waals surface area contributed by atoms with E-state index in [-0.39, 0.29) is 11.9 Å². The normalized spacial score (nSPS) is 12.9. The highest BCUT2D eigenvalue weighted by molar-refractivity contribution is 9.10. The van der Waals surface area contributed by atoms with Crippen LogP contribution in [-0.2, 0) is 11.2 Å². The quantitative estimate of drug-likeness (QED) is 0.880. The van der Waals surface area contributed by atoms with Crippen LogP contribution in [0, 0.1) is 5.82 Å². The Morgan fingerprint density at radius 1 is 1.50 bits per heavy atom. The summed E-state index contributed by atoms with van der Waals surface area (Å²) in [5, 5.41) is 2.61. The van der Waals surface area contributed by atoms with Crippen LogP contribution in [0.2, 0.25) is 0 Å². The van der Waals surface area contributed by atoms with Crippen LogP contribution in [0.5, 0.6) is 0 Å². The number of alkyl carbamates (subject to hydrolysis) is 1. The van der Waals surface area contributed by atoms with E-state index in [0.29, 0.717) is 17.4 Å². The molecule has 1 rings (SSSR count). The highest BCUT2D eigenvalue weighted by Crippen LogP contribution is 2.19. The Labute approximate surface area is 127 Å². The van der Waals surface area contributed by atoms with Crippen LogP contribution < -0.4 is 11.1 Å². The molecule has 3 N–H and O–H groups in total. The summed E-state index contributed by atoms with van der Waals surface area (Å²) in [4.78, 5) is 11.5. The number of carbonyl (C=O) groups is 1. The molecule has 0 saturated heterocycles. The zero-order valence-corrected chi connectivity index (χ0v) is 13.5. The minimum atomic E-state index is -0.534. The summed E-state index contributed by atoms with van der Waals surface area (Å²) >= 11 is 3.29. The van der Waals surface area contributed by atoms with Crippen LogP contribution in [0.25, 0.3) is 0 Å². The molecule has 1 aromatic rings. The highest BCUT2D eigenvalue weighted by Gasteiger charge is 2.16. The molecule has 1 amide bonds. The van der Waals surface area contributed by atoms with Crippen molar-refractivity contribution >= 4 is 22.0 Å². The summed E-state index contributed by atoms with van der Waals surface area (Å²) in [7, 11) is 0. The van der Waals surface area contributed by atoms with Crippen molar-refractivity contribution in [2.75, 3.05) is 6.54 Å². The Balaban J connectivity index is 2.44. The van der Waals surface area contributed by atoms with Gasteiger partial charge in [-0.1, -0.05) is 22.0 Å². The first kappa shape index (κ1) is 16.9. The van der Waals surface area contributed by atoms with Gasteiger partial charge in [-0.15, -0.1) is 0 Å². The van der Waals surface area contributed by atoms with Gasteiger partial charge in [0.25, 0.3) is 0 Å². The van der Waals surface area contributed by atoms with Crippen LogP contribution >= 0.6 is 15.9 Å². The maximum absolute atomic E-state index is 13.0. The van der Waals surface area contributed by atoms with Gasteiger partial charge >= 0.3 is 6.09 Å². The first-order valence-electron chi connectivity index (χ1n) is 6.34. The number of amides is 1. The molecule has 6 heteroatoms. The molecule has 0 bridgehead atoms. The maximum atomic E-state index is 13.0. The molecule has 0 fully saturated rings. The number of nitrogens with one attached hydrogen (secondary N) is 1. The van der Waals surface area contributed by atoms with E-state index in [1.165, 1.54) is 12.1 Å². The third kappa shape index (κ3) is 6.34. The van der Waals surface area contributed by atoms with Gasteiger partial charge in [0.2, 0.25) is 0 Å². The van der Waals surface area contributed by atoms with Crippen molar-refractivity contribution in [3.63, 3.8) is 0 Å². The van der Waals surface area contributed by atoms with Crippen molar-refractivity contribution < 1.29 is 13.9 Å². The lowest BCUT2D eigenvalue weighted by atomic mass is 10.1. The number of hydrogen-bond acceptors (Lipinski definition) is 3. The third-order valence-electron chi connectivity index (χ3n) is 2.40. The fourth-order valence-electron chi connectivity index (χ4n) is 1.57. The number of nitrogens with two attached hydrogens (primary N) is 1. The third-order valence-corrected chi connectivity index (χ3v) is 3.14. The second kappa shape index (κ2) is 7.04. The number of hydrogen-bond donors (Lipinski definition) is 2. The predicted molar refractivity (Wildman–Crippen MR) is 80.0 cm³/mol. The fraction of sp³-hybridized carbons (Fsp3) is 0.500. The standard InChI is InChI=1S/C14H20BrFN2O2/c1-14(2,3)20-13(19)18-8-11(17)6-9-4-5-10(16)7-12(9)15/h4-5,7,11H,6,8,17H2,1-3H3,(H,18,19). The monoisotopic (exact) mass is 346 g/mol. The van der Waals surface area contributed by atoms with Crippen molar-refractivity contribution in [2.24, 2.45) is 5.73 Å². The predicted octanol–water partition coefficient (Wildman–Crippen LogP) is 2.98. The van der Waals surface area contributed by atoms with Gasteiger partial charge in [0.15, 0.2) is 0 Å². The van der Waals surface area contributed by atoms with E-state index in [9.17, 15) is 9.18 Å². The van der Waals surface area contributed by atoms with Gasteiger partial charge in [0, 0.05) is 17.1 Å². The average molecular weight is 347 g/mol. The highest BCUT2D eigenvalue weighted by atomic mass is 79.9. The number of ether oxygens (including phenoxy) is 1. The van der Waals surface area contributed by atoms with Gasteiger partial charge in [-0.25, -0.2) is 9.18 Å². The Morgan fingerprint density at radius 2 is 2.15 bits per heavy atom. The van der Waals surface area contributed by atoms with E-state index in [4.69, 9.17) is 10.5 Å². The summed E-state index contributed by atoms with van der Waals surface area (Å²) in [5.41, 5.74) is 6.30. The van der Waals surface area contributed by atoms with E-state index in [1.807, 2.05) is 0 Å². The first-order valence-corrected chi connectivity index (χ1v) is 7.13. The zero-order chi connectivity index (χ0) is 15.3. The largest absolute Gasteiger partial charge is 0.444 e. The molecule has 0 aliphatic carbocycles. The van der Waals surface area contributed by atoms with Gasteiger partial charge in [-0.2, -0.15) is 0 Å². The van der Waals surface area contributed by atoms with Gasteiger partial charge in [-0.3, -0.25) is 0 Å². The summed E-state index contributed by atoms with van der Waals surface area (Å²) in [6, 6.07) is 4.17. The summed E-state index contributed by atoms with van der Waals surface area (Å²) in [6.07, 6.45) is 0.0301. The molecule has 0 radical (unpaired) electrons. The Hall–Kier alpha value is -1.14. The topological polar surface area (TPSA) is 64.3 Å². The molecule has 4 nitrogen and oxygen atoms in total. The van der Waals surface area contributed by atoms with Gasteiger partial charge in [0.05, 0.1) is 0 Å². The number of carbonyl (C=O) groups excluding carboxylic acids is 1. The van der Waals surface area contributed by atoms with E-state index in [2.05, 4.69) is 21.2 Å². The van der Waals surface area contributed by atoms with Gasteiger partial charge < -0.3 is 15.8 Å². The lowest BCUT2D eigenvalue weighted by Crippen LogP contribution is -2.41. The molecule has 0 spiro atoms. The van der Waals surface area contributed by atoms with E-state index < -0.39 is 11.7 Å². The number of halogens is 2. The Morgan fingerprint density at radius 3 is 2.70 bits per heavy atom. The van der Waals surface area contributed by atoms with E-state index in [0.717, 1.165) is 5.56 Å². The fourth-order valence-corrected chi connectivity index (χ4v) is 2.08. The van der Waals surface area contributed by atoms with Gasteiger partial charge in [-0.05, 0) is 44.9 Å².